The second-order valence-electron chi connectivity index (χ2n) is 15.0. The van der Waals surface area contributed by atoms with Crippen molar-refractivity contribution in [3.8, 4) is 0 Å². The van der Waals surface area contributed by atoms with E-state index >= 15 is 0 Å². The number of likely N-dealkylation sites (N-methyl/N-ethyl adjacent to an activating group) is 1. The van der Waals surface area contributed by atoms with Gasteiger partial charge in [-0.25, -0.2) is 0 Å². The van der Waals surface area contributed by atoms with E-state index in [4.69, 9.17) is 9.47 Å². The molecule has 11 heteroatoms. The van der Waals surface area contributed by atoms with Crippen LogP contribution in [-0.4, -0.2) is 90.9 Å². The van der Waals surface area contributed by atoms with Gasteiger partial charge in [0.2, 0.25) is 5.91 Å². The number of hydrogen-bond acceptors (Lipinski definition) is 8. The molecule has 1 heterocycles. The van der Waals surface area contributed by atoms with Gasteiger partial charge in [0.05, 0.1) is 19.2 Å². The first-order valence-electron chi connectivity index (χ1n) is 17.8. The van der Waals surface area contributed by atoms with E-state index in [0.717, 1.165) is 5.56 Å². The molecule has 1 aromatic carbocycles. The summed E-state index contributed by atoms with van der Waals surface area (Å²) >= 11 is 0. The second-order valence-corrected chi connectivity index (χ2v) is 15.0. The highest BCUT2D eigenvalue weighted by Crippen LogP contribution is 2.26. The molecule has 0 saturated carbocycles. The summed E-state index contributed by atoms with van der Waals surface area (Å²) in [7, 11) is 5.07. The molecule has 0 unspecified atom stereocenters. The van der Waals surface area contributed by atoms with Crippen molar-refractivity contribution in [1.82, 2.24) is 20.4 Å². The van der Waals surface area contributed by atoms with Gasteiger partial charge >= 0.3 is 5.97 Å². The molecular formula is C39H60N4O7. The zero-order valence-electron chi connectivity index (χ0n) is 31.9. The minimum absolute atomic E-state index is 0.0378. The molecule has 0 aliphatic carbocycles. The van der Waals surface area contributed by atoms with Gasteiger partial charge in [0.15, 0.2) is 6.10 Å². The topological polar surface area (TPSA) is 134 Å². The van der Waals surface area contributed by atoms with Crippen LogP contribution in [0.3, 0.4) is 0 Å². The molecule has 0 spiro atoms. The Bertz CT molecular complexity index is 1350. The maximum absolute atomic E-state index is 13.9. The fraction of sp³-hybridized carbons (Fsp3) is 0.615. The van der Waals surface area contributed by atoms with Gasteiger partial charge in [-0.05, 0) is 69.0 Å². The van der Waals surface area contributed by atoms with Crippen molar-refractivity contribution < 1.29 is 33.4 Å². The molecule has 0 saturated heterocycles. The Morgan fingerprint density at radius 3 is 2.02 bits per heavy atom. The van der Waals surface area contributed by atoms with E-state index in [9.17, 15) is 24.0 Å². The first kappa shape index (κ1) is 42.2. The SMILES string of the molecule is COC1=CC(=O)N(C(=O)/C=C/[C@H](Cc2ccccc2)NC(=O)[C@H](CC(C)C)NC(=O)[C@H](CC(C)C)OC(=O)[C@H](C(C)C)N(C)C)[C@H]1CC(C)C. The van der Waals surface area contributed by atoms with Crippen LogP contribution in [0, 0.1) is 23.7 Å². The van der Waals surface area contributed by atoms with Crippen LogP contribution >= 0.6 is 0 Å². The van der Waals surface area contributed by atoms with E-state index in [0.29, 0.717) is 31.4 Å². The normalized spacial score (nSPS) is 17.4. The molecule has 0 bridgehead atoms. The summed E-state index contributed by atoms with van der Waals surface area (Å²) in [5.74, 6) is -1.74. The highest BCUT2D eigenvalue weighted by molar-refractivity contribution is 6.07. The summed E-state index contributed by atoms with van der Waals surface area (Å²) in [6.45, 7) is 15.6. The van der Waals surface area contributed by atoms with Crippen molar-refractivity contribution in [3.05, 3.63) is 59.9 Å². The Morgan fingerprint density at radius 1 is 0.880 bits per heavy atom. The number of carbonyl (C=O) groups excluding carboxylic acids is 5. The summed E-state index contributed by atoms with van der Waals surface area (Å²) in [5, 5.41) is 5.89. The van der Waals surface area contributed by atoms with E-state index in [1.165, 1.54) is 24.2 Å². The minimum atomic E-state index is -1.08. The van der Waals surface area contributed by atoms with Crippen molar-refractivity contribution in [3.63, 3.8) is 0 Å². The molecule has 0 aromatic heterocycles. The average Bonchev–Trinajstić information content (AvgIpc) is 3.32. The first-order valence-corrected chi connectivity index (χ1v) is 17.8. The molecule has 11 nitrogen and oxygen atoms in total. The zero-order valence-corrected chi connectivity index (χ0v) is 31.9. The van der Waals surface area contributed by atoms with Crippen LogP contribution in [0.25, 0.3) is 0 Å². The third-order valence-electron chi connectivity index (χ3n) is 8.41. The van der Waals surface area contributed by atoms with Crippen molar-refractivity contribution in [1.29, 1.82) is 0 Å². The highest BCUT2D eigenvalue weighted by atomic mass is 16.5. The van der Waals surface area contributed by atoms with Crippen LogP contribution in [-0.2, 0) is 39.9 Å². The van der Waals surface area contributed by atoms with E-state index in [2.05, 4.69) is 10.6 Å². The van der Waals surface area contributed by atoms with Crippen LogP contribution in [0.2, 0.25) is 0 Å². The third-order valence-corrected chi connectivity index (χ3v) is 8.41. The number of nitrogens with one attached hydrogen (secondary N) is 2. The number of nitrogens with zero attached hydrogens (tertiary/aromatic N) is 2. The van der Waals surface area contributed by atoms with Gasteiger partial charge in [-0.3, -0.25) is 33.8 Å². The lowest BCUT2D eigenvalue weighted by molar-refractivity contribution is -0.163. The van der Waals surface area contributed by atoms with Gasteiger partial charge in [0, 0.05) is 12.2 Å². The maximum Gasteiger partial charge on any atom is 0.324 e. The summed E-state index contributed by atoms with van der Waals surface area (Å²) in [6.07, 6.45) is 4.70. The molecule has 2 rings (SSSR count). The van der Waals surface area contributed by atoms with Gasteiger partial charge in [0.1, 0.15) is 17.8 Å². The number of carbonyl (C=O) groups is 5. The molecule has 278 valence electrons. The van der Waals surface area contributed by atoms with E-state index in [-0.39, 0.29) is 23.7 Å². The minimum Gasteiger partial charge on any atom is -0.499 e. The Morgan fingerprint density at radius 2 is 1.50 bits per heavy atom. The van der Waals surface area contributed by atoms with E-state index in [1.54, 1.807) is 25.1 Å². The number of rotatable bonds is 19. The molecule has 1 aromatic rings. The lowest BCUT2D eigenvalue weighted by Crippen LogP contribution is -2.53. The molecule has 2 N–H and O–H groups in total. The second kappa shape index (κ2) is 20.0. The van der Waals surface area contributed by atoms with E-state index in [1.807, 2.05) is 85.7 Å². The molecular weight excluding hydrogens is 636 g/mol. The standard InChI is InChI=1S/C39H60N4O7/c1-24(2)19-30(41-38(47)33(21-26(5)6)50-39(48)36(27(7)8)42(9)10)37(46)40-29(22-28-15-13-12-14-16-28)17-18-34(44)43-31(20-25(3)4)32(49-11)23-35(43)45/h12-18,23-27,29-31,33,36H,19-22H2,1-11H3,(H,40,46)(H,41,47)/b18-17+/t29-,30+,31+,33+,36+/m1/s1. The van der Waals surface area contributed by atoms with Gasteiger partial charge in [-0.15, -0.1) is 0 Å². The largest absolute Gasteiger partial charge is 0.499 e. The van der Waals surface area contributed by atoms with Gasteiger partial charge < -0.3 is 20.1 Å². The van der Waals surface area contributed by atoms with Crippen molar-refractivity contribution in [2.24, 2.45) is 23.7 Å². The van der Waals surface area contributed by atoms with Crippen molar-refractivity contribution in [2.75, 3.05) is 21.2 Å². The monoisotopic (exact) mass is 696 g/mol. The van der Waals surface area contributed by atoms with Crippen LogP contribution in [0.1, 0.15) is 80.2 Å². The summed E-state index contributed by atoms with van der Waals surface area (Å²) in [6, 6.07) is 6.88. The fourth-order valence-corrected chi connectivity index (χ4v) is 6.18. The van der Waals surface area contributed by atoms with Crippen LogP contribution < -0.4 is 10.6 Å². The van der Waals surface area contributed by atoms with Gasteiger partial charge in [-0.2, -0.15) is 0 Å². The third kappa shape index (κ3) is 13.0. The number of ether oxygens (including phenoxy) is 2. The predicted octanol–water partition coefficient (Wildman–Crippen LogP) is 4.66. The first-order chi connectivity index (χ1) is 23.4. The van der Waals surface area contributed by atoms with Crippen LogP contribution in [0.4, 0.5) is 0 Å². The predicted molar refractivity (Wildman–Crippen MR) is 194 cm³/mol. The number of benzene rings is 1. The fourth-order valence-electron chi connectivity index (χ4n) is 6.18. The summed E-state index contributed by atoms with van der Waals surface area (Å²) in [4.78, 5) is 70.1. The quantitative estimate of drug-likeness (QED) is 0.158. The number of imide groups is 1. The number of methoxy groups -OCH3 is 1. The average molecular weight is 697 g/mol. The highest BCUT2D eigenvalue weighted by Gasteiger charge is 2.38. The molecule has 1 aliphatic rings. The van der Waals surface area contributed by atoms with E-state index < -0.39 is 59.9 Å². The van der Waals surface area contributed by atoms with Gasteiger partial charge in [-0.1, -0.05) is 91.8 Å². The summed E-state index contributed by atoms with van der Waals surface area (Å²) < 4.78 is 11.2. The number of hydrogen-bond donors (Lipinski definition) is 2. The Labute approximate surface area is 299 Å². The van der Waals surface area contributed by atoms with Gasteiger partial charge in [0.25, 0.3) is 17.7 Å². The lowest BCUT2D eigenvalue weighted by Gasteiger charge is -2.29. The van der Waals surface area contributed by atoms with Crippen molar-refractivity contribution >= 4 is 29.6 Å². The number of esters is 1. The Kier molecular flexibility index (Phi) is 16.9. The molecule has 5 atom stereocenters. The molecule has 0 fully saturated rings. The molecule has 50 heavy (non-hydrogen) atoms. The van der Waals surface area contributed by atoms with Crippen molar-refractivity contribution in [2.45, 2.75) is 111 Å². The Hall–Kier alpha value is -3.99. The molecule has 4 amide bonds. The lowest BCUT2D eigenvalue weighted by atomic mass is 9.99. The van der Waals surface area contributed by atoms with Crippen LogP contribution in [0.15, 0.2) is 54.3 Å². The summed E-state index contributed by atoms with van der Waals surface area (Å²) in [5.41, 5.74) is 0.919. The zero-order chi connectivity index (χ0) is 37.7. The smallest absolute Gasteiger partial charge is 0.324 e. The number of amides is 4. The Balaban J connectivity index is 2.35. The maximum atomic E-state index is 13.9. The van der Waals surface area contributed by atoms with Crippen LogP contribution in [0.5, 0.6) is 0 Å². The molecule has 0 radical (unpaired) electrons. The molecule has 1 aliphatic heterocycles.